The van der Waals surface area contributed by atoms with E-state index >= 15 is 0 Å². The third-order valence-corrected chi connectivity index (χ3v) is 4.74. The van der Waals surface area contributed by atoms with Crippen LogP contribution in [0, 0.1) is 6.92 Å². The number of pyridine rings is 1. The molecule has 0 spiro atoms. The number of aromatic nitrogens is 3. The van der Waals surface area contributed by atoms with Gasteiger partial charge in [-0.25, -0.2) is 4.98 Å². The summed E-state index contributed by atoms with van der Waals surface area (Å²) in [7, 11) is 0. The van der Waals surface area contributed by atoms with Crippen LogP contribution in [0.4, 0.5) is 11.4 Å². The fourth-order valence-electron chi connectivity index (χ4n) is 3.19. The van der Waals surface area contributed by atoms with Crippen LogP contribution < -0.4 is 10.6 Å². The van der Waals surface area contributed by atoms with Crippen LogP contribution in [0.1, 0.15) is 21.6 Å². The maximum atomic E-state index is 12.7. The number of rotatable bonds is 6. The lowest BCUT2D eigenvalue weighted by Gasteiger charge is -2.13. The first kappa shape index (κ1) is 18.5. The van der Waals surface area contributed by atoms with Gasteiger partial charge in [0.1, 0.15) is 5.75 Å². The second-order valence-corrected chi connectivity index (χ2v) is 6.77. The topological polar surface area (TPSA) is 103 Å². The van der Waals surface area contributed by atoms with E-state index in [9.17, 15) is 9.90 Å². The number of phenols is 1. The van der Waals surface area contributed by atoms with Crippen molar-refractivity contribution in [3.8, 4) is 5.75 Å². The van der Waals surface area contributed by atoms with Gasteiger partial charge in [0.05, 0.1) is 17.4 Å². The minimum absolute atomic E-state index is 0.173. The fourth-order valence-corrected chi connectivity index (χ4v) is 3.19. The number of carbonyl (C=O) groups is 1. The Kier molecular flexibility index (Phi) is 5.11. The van der Waals surface area contributed by atoms with Crippen LogP contribution >= 0.6 is 0 Å². The van der Waals surface area contributed by atoms with Gasteiger partial charge in [0.2, 0.25) is 0 Å². The molecule has 4 N–H and O–H groups in total. The number of H-pyrrole nitrogens is 1. The van der Waals surface area contributed by atoms with Crippen molar-refractivity contribution in [2.24, 2.45) is 0 Å². The molecule has 7 nitrogen and oxygen atoms in total. The largest absolute Gasteiger partial charge is 0.508 e. The van der Waals surface area contributed by atoms with Crippen LogP contribution in [-0.4, -0.2) is 32.5 Å². The van der Waals surface area contributed by atoms with E-state index in [1.165, 1.54) is 0 Å². The summed E-state index contributed by atoms with van der Waals surface area (Å²) in [6, 6.07) is 12.6. The van der Waals surface area contributed by atoms with E-state index in [-0.39, 0.29) is 11.7 Å². The highest BCUT2D eigenvalue weighted by molar-refractivity contribution is 6.08. The highest BCUT2D eigenvalue weighted by Crippen LogP contribution is 2.30. The average Bonchev–Trinajstić information content (AvgIpc) is 3.24. The van der Waals surface area contributed by atoms with Crippen molar-refractivity contribution in [1.29, 1.82) is 0 Å². The number of nitrogens with zero attached hydrogens (tertiary/aromatic N) is 2. The van der Waals surface area contributed by atoms with E-state index in [1.54, 1.807) is 36.9 Å². The predicted octanol–water partition coefficient (Wildman–Crippen LogP) is 3.69. The summed E-state index contributed by atoms with van der Waals surface area (Å²) < 4.78 is 0. The lowest BCUT2D eigenvalue weighted by Crippen LogP contribution is -2.26. The molecule has 2 aromatic carbocycles. The maximum absolute atomic E-state index is 12.7. The Labute approximate surface area is 167 Å². The molecule has 7 heteroatoms. The molecule has 0 bridgehead atoms. The third-order valence-electron chi connectivity index (χ3n) is 4.74. The van der Waals surface area contributed by atoms with Gasteiger partial charge in [-0.15, -0.1) is 0 Å². The molecule has 4 rings (SSSR count). The summed E-state index contributed by atoms with van der Waals surface area (Å²) in [6.07, 6.45) is 5.71. The Morgan fingerprint density at radius 1 is 1.17 bits per heavy atom. The van der Waals surface area contributed by atoms with Crippen molar-refractivity contribution < 1.29 is 9.90 Å². The first-order chi connectivity index (χ1) is 14.1. The van der Waals surface area contributed by atoms with Gasteiger partial charge in [0, 0.05) is 53.9 Å². The summed E-state index contributed by atoms with van der Waals surface area (Å²) in [4.78, 5) is 24.2. The minimum atomic E-state index is -0.173. The highest BCUT2D eigenvalue weighted by atomic mass is 16.3. The van der Waals surface area contributed by atoms with Crippen molar-refractivity contribution in [1.82, 2.24) is 20.3 Å². The average molecular weight is 387 g/mol. The molecule has 0 saturated carbocycles. The molecule has 0 aliphatic heterocycles. The van der Waals surface area contributed by atoms with Crippen LogP contribution in [0.2, 0.25) is 0 Å². The van der Waals surface area contributed by atoms with Crippen LogP contribution in [0.5, 0.6) is 5.75 Å². The summed E-state index contributed by atoms with van der Waals surface area (Å²) in [6.45, 7) is 2.46. The van der Waals surface area contributed by atoms with Gasteiger partial charge in [-0.1, -0.05) is 18.2 Å². The predicted molar refractivity (Wildman–Crippen MR) is 112 cm³/mol. The Hall–Kier alpha value is -3.87. The van der Waals surface area contributed by atoms with E-state index in [0.717, 1.165) is 28.0 Å². The number of fused-ring (bicyclic) bond motifs is 1. The number of hydrogen-bond acceptors (Lipinski definition) is 5. The van der Waals surface area contributed by atoms with Crippen LogP contribution in [0.3, 0.4) is 0 Å². The molecule has 4 aromatic rings. The Morgan fingerprint density at radius 2 is 2.07 bits per heavy atom. The van der Waals surface area contributed by atoms with Crippen molar-refractivity contribution in [3.63, 3.8) is 0 Å². The van der Waals surface area contributed by atoms with Gasteiger partial charge in [-0.05, 0) is 30.7 Å². The number of nitrogens with one attached hydrogen (secondary N) is 3. The molecule has 0 aliphatic rings. The second-order valence-electron chi connectivity index (χ2n) is 6.77. The molecule has 0 atom stereocenters. The first-order valence-corrected chi connectivity index (χ1v) is 9.31. The van der Waals surface area contributed by atoms with Gasteiger partial charge in [0.25, 0.3) is 5.91 Å². The monoisotopic (exact) mass is 387 g/mol. The molecular weight excluding hydrogens is 366 g/mol. The van der Waals surface area contributed by atoms with Gasteiger partial charge in [-0.3, -0.25) is 9.78 Å². The van der Waals surface area contributed by atoms with Crippen molar-refractivity contribution in [2.45, 2.75) is 13.3 Å². The van der Waals surface area contributed by atoms with E-state index < -0.39 is 0 Å². The summed E-state index contributed by atoms with van der Waals surface area (Å²) in [5, 5.41) is 16.9. The molecule has 0 fully saturated rings. The minimum Gasteiger partial charge on any atom is -0.508 e. The van der Waals surface area contributed by atoms with Crippen molar-refractivity contribution in [2.75, 3.05) is 11.9 Å². The highest BCUT2D eigenvalue weighted by Gasteiger charge is 2.13. The van der Waals surface area contributed by atoms with E-state index in [0.29, 0.717) is 24.0 Å². The molecule has 2 heterocycles. The molecule has 1 amide bonds. The van der Waals surface area contributed by atoms with Crippen LogP contribution in [-0.2, 0) is 6.42 Å². The second kappa shape index (κ2) is 8.02. The number of amides is 1. The first-order valence-electron chi connectivity index (χ1n) is 9.31. The molecule has 2 aromatic heterocycles. The number of anilines is 2. The van der Waals surface area contributed by atoms with Crippen LogP contribution in [0.15, 0.2) is 61.2 Å². The maximum Gasteiger partial charge on any atom is 0.253 e. The van der Waals surface area contributed by atoms with Gasteiger partial charge in [0.15, 0.2) is 0 Å². The lowest BCUT2D eigenvalue weighted by molar-refractivity contribution is 0.0955. The SMILES string of the molecule is Cc1ccc(O)cc1Nc1ccnc2c(C(=O)NCCc3cnc[nH]3)cccc12. The Bertz CT molecular complexity index is 1160. The number of aromatic hydroxyl groups is 1. The number of benzene rings is 2. The van der Waals surface area contributed by atoms with E-state index in [2.05, 4.69) is 25.6 Å². The van der Waals surface area contributed by atoms with Crippen molar-refractivity contribution >= 4 is 28.2 Å². The molecule has 146 valence electrons. The number of imidazole rings is 1. The molecule has 0 saturated heterocycles. The van der Waals surface area contributed by atoms with Gasteiger partial charge in [-0.2, -0.15) is 0 Å². The fraction of sp³-hybridized carbons (Fsp3) is 0.136. The Balaban J connectivity index is 1.59. The number of aromatic amines is 1. The quantitative estimate of drug-likeness (QED) is 0.404. The standard InChI is InChI=1S/C22H21N5O2/c1-14-5-6-16(28)11-20(14)27-19-8-10-24-21-17(19)3-2-4-18(21)22(29)25-9-7-15-12-23-13-26-15/h2-6,8,10-13,28H,7,9H2,1H3,(H,23,26)(H,24,27)(H,25,29). The summed E-state index contributed by atoms with van der Waals surface area (Å²) in [5.74, 6) is 0.0158. The molecule has 0 radical (unpaired) electrons. The normalized spacial score (nSPS) is 10.8. The van der Waals surface area contributed by atoms with Gasteiger partial charge < -0.3 is 20.7 Å². The summed E-state index contributed by atoms with van der Waals surface area (Å²) in [5.41, 5.74) is 4.72. The zero-order chi connectivity index (χ0) is 20.2. The molecule has 0 aliphatic carbocycles. The Morgan fingerprint density at radius 3 is 2.90 bits per heavy atom. The zero-order valence-corrected chi connectivity index (χ0v) is 15.9. The van der Waals surface area contributed by atoms with Crippen molar-refractivity contribution in [3.05, 3.63) is 78.0 Å². The number of hydrogen-bond donors (Lipinski definition) is 4. The number of aryl methyl sites for hydroxylation is 1. The number of carbonyl (C=O) groups excluding carboxylic acids is 1. The number of para-hydroxylation sites is 1. The smallest absolute Gasteiger partial charge is 0.253 e. The van der Waals surface area contributed by atoms with E-state index in [1.807, 2.05) is 31.2 Å². The molecule has 29 heavy (non-hydrogen) atoms. The lowest BCUT2D eigenvalue weighted by atomic mass is 10.1. The molecular formula is C22H21N5O2. The van der Waals surface area contributed by atoms with E-state index in [4.69, 9.17) is 0 Å². The molecule has 0 unspecified atom stereocenters. The third kappa shape index (κ3) is 4.03. The zero-order valence-electron chi connectivity index (χ0n) is 15.9. The van der Waals surface area contributed by atoms with Gasteiger partial charge >= 0.3 is 0 Å². The number of phenolic OH excluding ortho intramolecular Hbond substituents is 1. The van der Waals surface area contributed by atoms with Crippen LogP contribution in [0.25, 0.3) is 10.9 Å². The summed E-state index contributed by atoms with van der Waals surface area (Å²) >= 11 is 0.